The molecule has 1 aromatic rings. The molecule has 3 nitrogen and oxygen atoms in total. The Hall–Kier alpha value is -0.530. The third-order valence-corrected chi connectivity index (χ3v) is 6.01. The number of hydrogen-bond acceptors (Lipinski definition) is 2. The van der Waals surface area contributed by atoms with Gasteiger partial charge in [0.15, 0.2) is 11.6 Å². The molecule has 0 spiro atoms. The maximum absolute atomic E-state index is 13.2. The quantitative estimate of drug-likeness (QED) is 0.783. The number of sulfonamides is 1. The lowest BCUT2D eigenvalue weighted by molar-refractivity contribution is 0.285. The highest BCUT2D eigenvalue weighted by atomic mass is 79.9. The second kappa shape index (κ2) is 5.85. The Bertz CT molecular complexity index is 565. The molecule has 19 heavy (non-hydrogen) atoms. The van der Waals surface area contributed by atoms with Crippen LogP contribution in [0.15, 0.2) is 23.1 Å². The average Bonchev–Trinajstić information content (AvgIpc) is 2.41. The van der Waals surface area contributed by atoms with Crippen LogP contribution in [0, 0.1) is 17.6 Å². The number of nitrogens with zero attached hydrogens (tertiary/aromatic N) is 1. The number of halogens is 3. The number of rotatable bonds is 3. The summed E-state index contributed by atoms with van der Waals surface area (Å²) in [5.41, 5.74) is 0. The molecule has 1 fully saturated rings. The Labute approximate surface area is 119 Å². The Kier molecular flexibility index (Phi) is 4.58. The number of alkyl halides is 1. The van der Waals surface area contributed by atoms with E-state index in [0.29, 0.717) is 13.1 Å². The van der Waals surface area contributed by atoms with Crippen molar-refractivity contribution in [3.05, 3.63) is 29.8 Å². The minimum absolute atomic E-state index is 0.193. The van der Waals surface area contributed by atoms with Crippen LogP contribution in [0.25, 0.3) is 0 Å². The highest BCUT2D eigenvalue weighted by molar-refractivity contribution is 9.09. The van der Waals surface area contributed by atoms with E-state index < -0.39 is 21.7 Å². The van der Waals surface area contributed by atoms with Gasteiger partial charge in [0, 0.05) is 18.4 Å². The van der Waals surface area contributed by atoms with Gasteiger partial charge in [0.2, 0.25) is 10.0 Å². The van der Waals surface area contributed by atoms with Gasteiger partial charge in [0.05, 0.1) is 4.90 Å². The lowest BCUT2D eigenvalue weighted by atomic mass is 10.0. The van der Waals surface area contributed by atoms with Gasteiger partial charge >= 0.3 is 0 Å². The fourth-order valence-electron chi connectivity index (χ4n) is 2.16. The molecule has 1 aliphatic rings. The SMILES string of the molecule is O=S(=O)(c1ccc(F)c(F)c1)N1CCCC(CBr)C1. The van der Waals surface area contributed by atoms with Gasteiger partial charge in [-0.2, -0.15) is 4.31 Å². The topological polar surface area (TPSA) is 37.4 Å². The number of hydrogen-bond donors (Lipinski definition) is 0. The minimum Gasteiger partial charge on any atom is -0.207 e. The van der Waals surface area contributed by atoms with Gasteiger partial charge in [0.25, 0.3) is 0 Å². The van der Waals surface area contributed by atoms with Crippen molar-refractivity contribution in [2.24, 2.45) is 5.92 Å². The van der Waals surface area contributed by atoms with Crippen LogP contribution in [0.2, 0.25) is 0 Å². The van der Waals surface area contributed by atoms with Crippen molar-refractivity contribution < 1.29 is 17.2 Å². The fourth-order valence-corrected chi connectivity index (χ4v) is 4.25. The van der Waals surface area contributed by atoms with E-state index in [0.717, 1.165) is 36.4 Å². The van der Waals surface area contributed by atoms with E-state index in [9.17, 15) is 17.2 Å². The summed E-state index contributed by atoms with van der Waals surface area (Å²) in [7, 11) is -3.74. The van der Waals surface area contributed by atoms with E-state index in [-0.39, 0.29) is 10.8 Å². The van der Waals surface area contributed by atoms with Crippen molar-refractivity contribution in [3.8, 4) is 0 Å². The van der Waals surface area contributed by atoms with Crippen LogP contribution in [-0.2, 0) is 10.0 Å². The van der Waals surface area contributed by atoms with Crippen molar-refractivity contribution in [1.82, 2.24) is 4.31 Å². The zero-order valence-electron chi connectivity index (χ0n) is 10.2. The number of benzene rings is 1. The minimum atomic E-state index is -3.74. The van der Waals surface area contributed by atoms with Crippen molar-refractivity contribution in [2.45, 2.75) is 17.7 Å². The summed E-state index contributed by atoms with van der Waals surface area (Å²) in [5.74, 6) is -1.93. The monoisotopic (exact) mass is 353 g/mol. The maximum Gasteiger partial charge on any atom is 0.243 e. The third kappa shape index (κ3) is 3.14. The first-order chi connectivity index (χ1) is 8.95. The molecular formula is C12H14BrF2NO2S. The average molecular weight is 354 g/mol. The summed E-state index contributed by atoms with van der Waals surface area (Å²) >= 11 is 3.35. The molecule has 0 saturated carbocycles. The van der Waals surface area contributed by atoms with Crippen LogP contribution in [0.5, 0.6) is 0 Å². The molecule has 0 amide bonds. The van der Waals surface area contributed by atoms with Gasteiger partial charge in [-0.3, -0.25) is 0 Å². The molecular weight excluding hydrogens is 340 g/mol. The van der Waals surface area contributed by atoms with Gasteiger partial charge in [0.1, 0.15) is 0 Å². The van der Waals surface area contributed by atoms with Crippen LogP contribution in [0.4, 0.5) is 8.78 Å². The predicted octanol–water partition coefficient (Wildman–Crippen LogP) is 2.76. The normalized spacial score (nSPS) is 21.5. The first-order valence-electron chi connectivity index (χ1n) is 5.96. The largest absolute Gasteiger partial charge is 0.243 e. The summed E-state index contributed by atoms with van der Waals surface area (Å²) in [4.78, 5) is -0.193. The highest BCUT2D eigenvalue weighted by Gasteiger charge is 2.30. The smallest absolute Gasteiger partial charge is 0.207 e. The second-order valence-corrected chi connectivity index (χ2v) is 7.19. The molecule has 1 aliphatic heterocycles. The van der Waals surface area contributed by atoms with E-state index in [4.69, 9.17) is 0 Å². The van der Waals surface area contributed by atoms with E-state index in [1.54, 1.807) is 0 Å². The molecule has 1 atom stereocenters. The first-order valence-corrected chi connectivity index (χ1v) is 8.52. The van der Waals surface area contributed by atoms with Crippen LogP contribution in [0.3, 0.4) is 0 Å². The molecule has 1 aromatic carbocycles. The zero-order valence-corrected chi connectivity index (χ0v) is 12.6. The Balaban J connectivity index is 2.28. The van der Waals surface area contributed by atoms with Crippen molar-refractivity contribution in [3.63, 3.8) is 0 Å². The van der Waals surface area contributed by atoms with Gasteiger partial charge in [-0.1, -0.05) is 15.9 Å². The van der Waals surface area contributed by atoms with Crippen LogP contribution < -0.4 is 0 Å². The highest BCUT2D eigenvalue weighted by Crippen LogP contribution is 2.25. The van der Waals surface area contributed by atoms with E-state index in [1.807, 2.05) is 0 Å². The Morgan fingerprint density at radius 2 is 2.05 bits per heavy atom. The molecule has 7 heteroatoms. The van der Waals surface area contributed by atoms with Gasteiger partial charge < -0.3 is 0 Å². The van der Waals surface area contributed by atoms with Crippen LogP contribution in [-0.4, -0.2) is 31.1 Å². The fraction of sp³-hybridized carbons (Fsp3) is 0.500. The second-order valence-electron chi connectivity index (χ2n) is 4.60. The Morgan fingerprint density at radius 1 is 1.32 bits per heavy atom. The molecule has 1 heterocycles. The van der Waals surface area contributed by atoms with E-state index in [2.05, 4.69) is 15.9 Å². The third-order valence-electron chi connectivity index (χ3n) is 3.23. The van der Waals surface area contributed by atoms with Crippen LogP contribution in [0.1, 0.15) is 12.8 Å². The molecule has 2 rings (SSSR count). The maximum atomic E-state index is 13.2. The molecule has 0 aromatic heterocycles. The first kappa shape index (κ1) is 14.9. The molecule has 1 saturated heterocycles. The molecule has 1 unspecified atom stereocenters. The standard InChI is InChI=1S/C12H14BrF2NO2S/c13-7-9-2-1-5-16(8-9)19(17,18)10-3-4-11(14)12(15)6-10/h3-4,6,9H,1-2,5,7-8H2. The number of piperidine rings is 1. The van der Waals surface area contributed by atoms with Crippen molar-refractivity contribution in [2.75, 3.05) is 18.4 Å². The van der Waals surface area contributed by atoms with Crippen LogP contribution >= 0.6 is 15.9 Å². The lowest BCUT2D eigenvalue weighted by Crippen LogP contribution is -2.40. The van der Waals surface area contributed by atoms with Gasteiger partial charge in [-0.15, -0.1) is 0 Å². The molecule has 0 bridgehead atoms. The van der Waals surface area contributed by atoms with Gasteiger partial charge in [-0.25, -0.2) is 17.2 Å². The van der Waals surface area contributed by atoms with Crippen molar-refractivity contribution in [1.29, 1.82) is 0 Å². The molecule has 0 N–H and O–H groups in total. The zero-order chi connectivity index (χ0) is 14.0. The summed E-state index contributed by atoms with van der Waals surface area (Å²) in [5, 5.41) is 0.733. The predicted molar refractivity (Wildman–Crippen MR) is 71.6 cm³/mol. The van der Waals surface area contributed by atoms with E-state index in [1.165, 1.54) is 4.31 Å². The Morgan fingerprint density at radius 3 is 2.68 bits per heavy atom. The van der Waals surface area contributed by atoms with E-state index >= 15 is 0 Å². The van der Waals surface area contributed by atoms with Crippen molar-refractivity contribution >= 4 is 26.0 Å². The molecule has 0 radical (unpaired) electrons. The lowest BCUT2D eigenvalue weighted by Gasteiger charge is -2.31. The molecule has 106 valence electrons. The summed E-state index contributed by atoms with van der Waals surface area (Å²) in [6.07, 6.45) is 1.74. The molecule has 0 aliphatic carbocycles. The summed E-state index contributed by atoms with van der Waals surface area (Å²) < 4.78 is 52.0. The van der Waals surface area contributed by atoms with Gasteiger partial charge in [-0.05, 0) is 37.0 Å². The summed E-state index contributed by atoms with van der Waals surface area (Å²) in [6, 6.07) is 2.68. The summed E-state index contributed by atoms with van der Waals surface area (Å²) in [6.45, 7) is 0.831.